The minimum Gasteiger partial charge on any atom is -0.494 e. The molecule has 1 amide bonds. The van der Waals surface area contributed by atoms with Crippen LogP contribution in [0.1, 0.15) is 18.9 Å². The predicted molar refractivity (Wildman–Crippen MR) is 97.7 cm³/mol. The van der Waals surface area contributed by atoms with Crippen molar-refractivity contribution in [1.82, 2.24) is 9.88 Å². The van der Waals surface area contributed by atoms with Crippen LogP contribution in [-0.2, 0) is 4.79 Å². The van der Waals surface area contributed by atoms with Crippen LogP contribution in [0.2, 0.25) is 0 Å². The Hall–Kier alpha value is -3.27. The van der Waals surface area contributed by atoms with Crippen LogP contribution in [0.15, 0.2) is 42.6 Å². The predicted octanol–water partition coefficient (Wildman–Crippen LogP) is 2.41. The average Bonchev–Trinajstić information content (AvgIpc) is 3.16. The van der Waals surface area contributed by atoms with Gasteiger partial charge in [-0.25, -0.2) is 4.98 Å². The Balaban J connectivity index is 1.46. The quantitative estimate of drug-likeness (QED) is 0.747. The van der Waals surface area contributed by atoms with Gasteiger partial charge in [0, 0.05) is 25.2 Å². The van der Waals surface area contributed by atoms with Gasteiger partial charge in [-0.05, 0) is 37.3 Å². The van der Waals surface area contributed by atoms with Gasteiger partial charge in [-0.1, -0.05) is 0 Å². The van der Waals surface area contributed by atoms with Gasteiger partial charge in [0.1, 0.15) is 17.6 Å². The molecule has 0 bridgehead atoms. The van der Waals surface area contributed by atoms with Gasteiger partial charge in [0.2, 0.25) is 5.88 Å². The molecule has 3 rings (SSSR count). The summed E-state index contributed by atoms with van der Waals surface area (Å²) in [4.78, 5) is 18.2. The number of carbonyl (C=O) groups excluding carboxylic acids is 1. The highest BCUT2D eigenvalue weighted by atomic mass is 16.5. The molecule has 1 saturated heterocycles. The number of hydrogen-bond acceptors (Lipinski definition) is 6. The van der Waals surface area contributed by atoms with E-state index in [1.165, 1.54) is 6.20 Å². The molecule has 0 saturated carbocycles. The third-order valence-electron chi connectivity index (χ3n) is 4.15. The van der Waals surface area contributed by atoms with Gasteiger partial charge >= 0.3 is 0 Å². The van der Waals surface area contributed by atoms with Gasteiger partial charge < -0.3 is 19.1 Å². The van der Waals surface area contributed by atoms with Crippen LogP contribution in [0.25, 0.3) is 0 Å². The molecule has 2 heterocycles. The number of rotatable bonds is 7. The van der Waals surface area contributed by atoms with E-state index in [0.29, 0.717) is 43.3 Å². The van der Waals surface area contributed by atoms with Crippen LogP contribution >= 0.6 is 0 Å². The molecule has 1 aromatic heterocycles. The zero-order valence-corrected chi connectivity index (χ0v) is 15.1. The molecule has 1 aromatic carbocycles. The zero-order valence-electron chi connectivity index (χ0n) is 15.1. The first-order valence-electron chi connectivity index (χ1n) is 8.84. The van der Waals surface area contributed by atoms with Crippen molar-refractivity contribution in [2.24, 2.45) is 0 Å². The van der Waals surface area contributed by atoms with Crippen LogP contribution < -0.4 is 14.2 Å². The van der Waals surface area contributed by atoms with Crippen LogP contribution in [0.4, 0.5) is 0 Å². The summed E-state index contributed by atoms with van der Waals surface area (Å²) in [5.74, 6) is 1.70. The first-order chi connectivity index (χ1) is 13.2. The minimum absolute atomic E-state index is 0.0249. The summed E-state index contributed by atoms with van der Waals surface area (Å²) in [5, 5.41) is 8.93. The molecule has 1 aliphatic rings. The summed E-state index contributed by atoms with van der Waals surface area (Å²) in [7, 11) is 0. The zero-order chi connectivity index (χ0) is 19.1. The Bertz CT molecular complexity index is 817. The summed E-state index contributed by atoms with van der Waals surface area (Å²) in [6.07, 6.45) is 2.12. The first-order valence-corrected chi connectivity index (χ1v) is 8.84. The standard InChI is InChI=1S/C20H21N3O4/c1-2-25-16-3-5-17(6-4-16)26-14-20(24)23-10-8-18(13-23)27-19-11-15(12-21)7-9-22-19/h3-7,9,11,18H,2,8,10,13-14H2,1H3. The number of nitrogens with zero attached hydrogens (tertiary/aromatic N) is 3. The molecule has 1 fully saturated rings. The van der Waals surface area contributed by atoms with E-state index in [-0.39, 0.29) is 18.6 Å². The largest absolute Gasteiger partial charge is 0.494 e. The molecular formula is C20H21N3O4. The van der Waals surface area contributed by atoms with Crippen LogP contribution in [-0.4, -0.2) is 48.2 Å². The Labute approximate surface area is 158 Å². The molecule has 1 atom stereocenters. The second-order valence-electron chi connectivity index (χ2n) is 6.06. The average molecular weight is 367 g/mol. The fourth-order valence-corrected chi connectivity index (χ4v) is 2.80. The lowest BCUT2D eigenvalue weighted by Crippen LogP contribution is -2.34. The van der Waals surface area contributed by atoms with Gasteiger partial charge in [-0.2, -0.15) is 5.26 Å². The number of likely N-dealkylation sites (tertiary alicyclic amines) is 1. The van der Waals surface area contributed by atoms with E-state index < -0.39 is 0 Å². The summed E-state index contributed by atoms with van der Waals surface area (Å²) in [6, 6.07) is 12.5. The summed E-state index contributed by atoms with van der Waals surface area (Å²) < 4.78 is 16.7. The summed E-state index contributed by atoms with van der Waals surface area (Å²) in [6.45, 7) is 3.58. The Morgan fingerprint density at radius 2 is 2.00 bits per heavy atom. The topological polar surface area (TPSA) is 84.7 Å². The molecular weight excluding hydrogens is 346 g/mol. The molecule has 7 heteroatoms. The second-order valence-corrected chi connectivity index (χ2v) is 6.06. The number of aromatic nitrogens is 1. The van der Waals surface area contributed by atoms with E-state index >= 15 is 0 Å². The Kier molecular flexibility index (Phi) is 6.10. The summed E-state index contributed by atoms with van der Waals surface area (Å²) in [5.41, 5.74) is 0.495. The molecule has 7 nitrogen and oxygen atoms in total. The van der Waals surface area contributed by atoms with E-state index in [0.717, 1.165) is 5.75 Å². The fraction of sp³-hybridized carbons (Fsp3) is 0.350. The van der Waals surface area contributed by atoms with Crippen molar-refractivity contribution in [3.05, 3.63) is 48.2 Å². The van der Waals surface area contributed by atoms with Gasteiger partial charge in [0.05, 0.1) is 24.8 Å². The van der Waals surface area contributed by atoms with Crippen LogP contribution in [0.5, 0.6) is 17.4 Å². The fourth-order valence-electron chi connectivity index (χ4n) is 2.80. The van der Waals surface area contributed by atoms with Crippen LogP contribution in [0.3, 0.4) is 0 Å². The van der Waals surface area contributed by atoms with E-state index in [1.54, 1.807) is 29.2 Å². The monoisotopic (exact) mass is 367 g/mol. The molecule has 0 aliphatic carbocycles. The van der Waals surface area contributed by atoms with Gasteiger partial charge in [0.15, 0.2) is 6.61 Å². The number of nitriles is 1. The SMILES string of the molecule is CCOc1ccc(OCC(=O)N2CCC(Oc3cc(C#N)ccn3)C2)cc1. The van der Waals surface area contributed by atoms with Crippen molar-refractivity contribution in [3.8, 4) is 23.4 Å². The lowest BCUT2D eigenvalue weighted by Gasteiger charge is -2.17. The molecule has 0 spiro atoms. The normalized spacial score (nSPS) is 15.9. The van der Waals surface area contributed by atoms with Crippen molar-refractivity contribution in [2.75, 3.05) is 26.3 Å². The highest BCUT2D eigenvalue weighted by molar-refractivity contribution is 5.78. The van der Waals surface area contributed by atoms with Crippen molar-refractivity contribution in [3.63, 3.8) is 0 Å². The lowest BCUT2D eigenvalue weighted by molar-refractivity contribution is -0.132. The van der Waals surface area contributed by atoms with Gasteiger partial charge in [-0.15, -0.1) is 0 Å². The number of hydrogen-bond donors (Lipinski definition) is 0. The van der Waals surface area contributed by atoms with Crippen LogP contribution in [0, 0.1) is 11.3 Å². The maximum atomic E-state index is 12.3. The van der Waals surface area contributed by atoms with Crippen molar-refractivity contribution in [2.45, 2.75) is 19.4 Å². The molecule has 0 radical (unpaired) electrons. The molecule has 1 aliphatic heterocycles. The number of amides is 1. The molecule has 1 unspecified atom stereocenters. The number of pyridine rings is 1. The third kappa shape index (κ3) is 5.11. The van der Waals surface area contributed by atoms with Gasteiger partial charge in [0.25, 0.3) is 5.91 Å². The molecule has 0 N–H and O–H groups in total. The maximum absolute atomic E-state index is 12.3. The Morgan fingerprint density at radius 3 is 2.70 bits per heavy atom. The highest BCUT2D eigenvalue weighted by Gasteiger charge is 2.28. The summed E-state index contributed by atoms with van der Waals surface area (Å²) >= 11 is 0. The molecule has 140 valence electrons. The number of benzene rings is 1. The van der Waals surface area contributed by atoms with E-state index in [9.17, 15) is 4.79 Å². The van der Waals surface area contributed by atoms with Gasteiger partial charge in [-0.3, -0.25) is 4.79 Å². The molecule has 27 heavy (non-hydrogen) atoms. The smallest absolute Gasteiger partial charge is 0.260 e. The number of ether oxygens (including phenoxy) is 3. The van der Waals surface area contributed by atoms with Crippen molar-refractivity contribution in [1.29, 1.82) is 5.26 Å². The van der Waals surface area contributed by atoms with E-state index in [4.69, 9.17) is 19.5 Å². The minimum atomic E-state index is -0.138. The Morgan fingerprint density at radius 1 is 1.26 bits per heavy atom. The number of carbonyl (C=O) groups is 1. The first kappa shape index (κ1) is 18.5. The second kappa shape index (κ2) is 8.90. The van der Waals surface area contributed by atoms with E-state index in [2.05, 4.69) is 11.1 Å². The third-order valence-corrected chi connectivity index (χ3v) is 4.15. The van der Waals surface area contributed by atoms with Crippen molar-refractivity contribution < 1.29 is 19.0 Å². The highest BCUT2D eigenvalue weighted by Crippen LogP contribution is 2.19. The van der Waals surface area contributed by atoms with Crippen molar-refractivity contribution >= 4 is 5.91 Å². The van der Waals surface area contributed by atoms with E-state index in [1.807, 2.05) is 19.1 Å². The molecule has 2 aromatic rings. The lowest BCUT2D eigenvalue weighted by atomic mass is 10.3. The maximum Gasteiger partial charge on any atom is 0.260 e.